The summed E-state index contributed by atoms with van der Waals surface area (Å²) in [4.78, 5) is 10.7. The first-order valence-electron chi connectivity index (χ1n) is 5.30. The molecular weight excluding hydrogens is 218 g/mol. The van der Waals surface area contributed by atoms with Crippen molar-refractivity contribution in [3.8, 4) is 6.07 Å². The van der Waals surface area contributed by atoms with Gasteiger partial charge in [-0.3, -0.25) is 4.79 Å². The predicted molar refractivity (Wildman–Crippen MR) is 61.3 cm³/mol. The van der Waals surface area contributed by atoms with Crippen LogP contribution in [0.1, 0.15) is 12.2 Å². The van der Waals surface area contributed by atoms with Crippen molar-refractivity contribution in [3.05, 3.63) is 36.1 Å². The number of carboxylic acid groups (broad SMARTS) is 1. The SMILES string of the molecule is N#CC(CCc1cc2ccccc2o1)C(=O)O. The number of rotatable bonds is 4. The number of aliphatic carboxylic acids is 1. The van der Waals surface area contributed by atoms with E-state index in [1.807, 2.05) is 30.3 Å². The van der Waals surface area contributed by atoms with Gasteiger partial charge in [-0.1, -0.05) is 18.2 Å². The second kappa shape index (κ2) is 4.71. The van der Waals surface area contributed by atoms with Crippen LogP contribution in [0.4, 0.5) is 0 Å². The maximum atomic E-state index is 10.7. The molecule has 0 radical (unpaired) electrons. The van der Waals surface area contributed by atoms with E-state index in [-0.39, 0.29) is 6.42 Å². The molecule has 0 amide bonds. The van der Waals surface area contributed by atoms with Crippen LogP contribution in [0.15, 0.2) is 34.7 Å². The van der Waals surface area contributed by atoms with E-state index in [2.05, 4.69) is 0 Å². The van der Waals surface area contributed by atoms with Crippen molar-refractivity contribution >= 4 is 16.9 Å². The first kappa shape index (κ1) is 11.2. The van der Waals surface area contributed by atoms with Crippen molar-refractivity contribution in [1.29, 1.82) is 5.26 Å². The Kier molecular flexibility index (Phi) is 3.10. The Labute approximate surface area is 98.1 Å². The number of hydrogen-bond acceptors (Lipinski definition) is 3. The smallest absolute Gasteiger partial charge is 0.320 e. The van der Waals surface area contributed by atoms with Crippen molar-refractivity contribution in [2.75, 3.05) is 0 Å². The molecule has 17 heavy (non-hydrogen) atoms. The van der Waals surface area contributed by atoms with E-state index < -0.39 is 11.9 Å². The molecule has 4 nitrogen and oxygen atoms in total. The van der Waals surface area contributed by atoms with Gasteiger partial charge < -0.3 is 9.52 Å². The molecule has 86 valence electrons. The fraction of sp³-hybridized carbons (Fsp3) is 0.231. The molecule has 0 aliphatic heterocycles. The van der Waals surface area contributed by atoms with Crippen LogP contribution in [0, 0.1) is 17.2 Å². The maximum absolute atomic E-state index is 10.7. The van der Waals surface area contributed by atoms with Gasteiger partial charge >= 0.3 is 5.97 Å². The molecule has 4 heteroatoms. The number of nitriles is 1. The summed E-state index contributed by atoms with van der Waals surface area (Å²) in [6.45, 7) is 0. The highest BCUT2D eigenvalue weighted by molar-refractivity contribution is 5.77. The van der Waals surface area contributed by atoms with Crippen LogP contribution in [-0.4, -0.2) is 11.1 Å². The zero-order valence-corrected chi connectivity index (χ0v) is 9.09. The lowest BCUT2D eigenvalue weighted by Gasteiger charge is -2.00. The monoisotopic (exact) mass is 229 g/mol. The first-order valence-corrected chi connectivity index (χ1v) is 5.30. The standard InChI is InChI=1S/C13H11NO3/c14-8-10(13(15)16)5-6-11-7-9-3-1-2-4-12(9)17-11/h1-4,7,10H,5-6H2,(H,15,16). The molecule has 1 N–H and O–H groups in total. The normalized spacial score (nSPS) is 12.2. The Morgan fingerprint density at radius 2 is 2.24 bits per heavy atom. The van der Waals surface area contributed by atoms with E-state index in [1.165, 1.54) is 0 Å². The van der Waals surface area contributed by atoms with Gasteiger partial charge in [-0.05, 0) is 18.6 Å². The number of benzene rings is 1. The molecule has 0 spiro atoms. The van der Waals surface area contributed by atoms with E-state index in [0.29, 0.717) is 12.2 Å². The van der Waals surface area contributed by atoms with E-state index in [1.54, 1.807) is 6.07 Å². The van der Waals surface area contributed by atoms with Crippen molar-refractivity contribution in [1.82, 2.24) is 0 Å². The Hall–Kier alpha value is -2.28. The van der Waals surface area contributed by atoms with Gasteiger partial charge in [-0.25, -0.2) is 0 Å². The summed E-state index contributed by atoms with van der Waals surface area (Å²) in [5.74, 6) is -1.33. The van der Waals surface area contributed by atoms with Gasteiger partial charge in [0.15, 0.2) is 0 Å². The van der Waals surface area contributed by atoms with Gasteiger partial charge in [0, 0.05) is 11.8 Å². The highest BCUT2D eigenvalue weighted by Gasteiger charge is 2.17. The number of hydrogen-bond donors (Lipinski definition) is 1. The highest BCUT2D eigenvalue weighted by Crippen LogP contribution is 2.20. The Morgan fingerprint density at radius 1 is 1.47 bits per heavy atom. The zero-order valence-electron chi connectivity index (χ0n) is 9.09. The molecule has 1 aromatic carbocycles. The molecule has 0 aliphatic rings. The molecule has 1 heterocycles. The fourth-order valence-electron chi connectivity index (χ4n) is 1.69. The molecule has 2 rings (SSSR count). The largest absolute Gasteiger partial charge is 0.480 e. The summed E-state index contributed by atoms with van der Waals surface area (Å²) in [5, 5.41) is 18.4. The summed E-state index contributed by atoms with van der Waals surface area (Å²) in [7, 11) is 0. The van der Waals surface area contributed by atoms with Crippen LogP contribution in [0.3, 0.4) is 0 Å². The molecule has 1 unspecified atom stereocenters. The second-order valence-corrected chi connectivity index (χ2v) is 3.81. The number of para-hydroxylation sites is 1. The van der Waals surface area contributed by atoms with Crippen LogP contribution in [0.25, 0.3) is 11.0 Å². The van der Waals surface area contributed by atoms with E-state index in [0.717, 1.165) is 11.0 Å². The number of carbonyl (C=O) groups is 1. The topological polar surface area (TPSA) is 74.2 Å². The summed E-state index contributed by atoms with van der Waals surface area (Å²) >= 11 is 0. The van der Waals surface area contributed by atoms with E-state index in [9.17, 15) is 4.79 Å². The number of nitrogens with zero attached hydrogens (tertiary/aromatic N) is 1. The summed E-state index contributed by atoms with van der Waals surface area (Å²) in [5.41, 5.74) is 0.784. The Morgan fingerprint density at radius 3 is 2.88 bits per heavy atom. The third-order valence-electron chi connectivity index (χ3n) is 2.61. The van der Waals surface area contributed by atoms with Crippen molar-refractivity contribution in [2.45, 2.75) is 12.8 Å². The molecule has 0 aliphatic carbocycles. The molecule has 1 atom stereocenters. The first-order chi connectivity index (χ1) is 8.20. The summed E-state index contributed by atoms with van der Waals surface area (Å²) in [6.07, 6.45) is 0.727. The maximum Gasteiger partial charge on any atom is 0.320 e. The average molecular weight is 229 g/mol. The lowest BCUT2D eigenvalue weighted by molar-refractivity contribution is -0.139. The van der Waals surface area contributed by atoms with Crippen LogP contribution < -0.4 is 0 Å². The molecule has 0 saturated heterocycles. The van der Waals surface area contributed by atoms with Crippen LogP contribution in [-0.2, 0) is 11.2 Å². The molecule has 0 bridgehead atoms. The average Bonchev–Trinajstić information content (AvgIpc) is 2.71. The van der Waals surface area contributed by atoms with Gasteiger partial charge in [0.05, 0.1) is 6.07 Å². The number of carboxylic acids is 1. The number of furan rings is 1. The number of aryl methyl sites for hydroxylation is 1. The minimum absolute atomic E-state index is 0.269. The van der Waals surface area contributed by atoms with Crippen LogP contribution in [0.2, 0.25) is 0 Å². The lowest BCUT2D eigenvalue weighted by atomic mass is 10.0. The van der Waals surface area contributed by atoms with Crippen molar-refractivity contribution in [3.63, 3.8) is 0 Å². The van der Waals surface area contributed by atoms with Gasteiger partial charge in [0.25, 0.3) is 0 Å². The van der Waals surface area contributed by atoms with E-state index >= 15 is 0 Å². The minimum atomic E-state index is -1.08. The second-order valence-electron chi connectivity index (χ2n) is 3.81. The molecule has 0 fully saturated rings. The summed E-state index contributed by atoms with van der Waals surface area (Å²) < 4.78 is 5.54. The molecular formula is C13H11NO3. The minimum Gasteiger partial charge on any atom is -0.480 e. The van der Waals surface area contributed by atoms with Gasteiger partial charge in [0.2, 0.25) is 0 Å². The van der Waals surface area contributed by atoms with Crippen molar-refractivity contribution in [2.24, 2.45) is 5.92 Å². The van der Waals surface area contributed by atoms with E-state index in [4.69, 9.17) is 14.8 Å². The zero-order chi connectivity index (χ0) is 12.3. The van der Waals surface area contributed by atoms with Gasteiger partial charge in [-0.15, -0.1) is 0 Å². The summed E-state index contributed by atoms with van der Waals surface area (Å²) in [6, 6.07) is 11.2. The third kappa shape index (κ3) is 2.45. The quantitative estimate of drug-likeness (QED) is 0.874. The fourth-order valence-corrected chi connectivity index (χ4v) is 1.69. The van der Waals surface area contributed by atoms with Gasteiger partial charge in [-0.2, -0.15) is 5.26 Å². The molecule has 2 aromatic rings. The lowest BCUT2D eigenvalue weighted by Crippen LogP contribution is -2.11. The number of fused-ring (bicyclic) bond motifs is 1. The van der Waals surface area contributed by atoms with Gasteiger partial charge in [0.1, 0.15) is 17.3 Å². The predicted octanol–water partition coefficient (Wildman–Crippen LogP) is 2.59. The molecule has 1 aromatic heterocycles. The highest BCUT2D eigenvalue weighted by atomic mass is 16.4. The third-order valence-corrected chi connectivity index (χ3v) is 2.61. The Bertz CT molecular complexity index is 547. The molecule has 0 saturated carbocycles. The van der Waals surface area contributed by atoms with Crippen LogP contribution >= 0.6 is 0 Å². The van der Waals surface area contributed by atoms with Crippen LogP contribution in [0.5, 0.6) is 0 Å². The Balaban J connectivity index is 2.09. The van der Waals surface area contributed by atoms with Crippen molar-refractivity contribution < 1.29 is 14.3 Å².